The molecular weight excluding hydrogens is 431 g/mol. The number of hydrogen-bond donors (Lipinski definition) is 1. The van der Waals surface area contributed by atoms with Gasteiger partial charge in [0.25, 0.3) is 0 Å². The maximum Gasteiger partial charge on any atom is 0.311 e. The lowest BCUT2D eigenvalue weighted by Gasteiger charge is -2.37. The Hall–Kier alpha value is -3.48. The molecule has 1 unspecified atom stereocenters. The molecule has 0 spiro atoms. The Kier molecular flexibility index (Phi) is 7.10. The highest BCUT2D eigenvalue weighted by Gasteiger charge is 2.28. The lowest BCUT2D eigenvalue weighted by atomic mass is 9.93. The fraction of sp³-hybridized carbons (Fsp3) is 0.370. The van der Waals surface area contributed by atoms with Crippen molar-refractivity contribution < 1.29 is 13.9 Å². The van der Waals surface area contributed by atoms with Gasteiger partial charge in [0.2, 0.25) is 5.95 Å². The summed E-state index contributed by atoms with van der Waals surface area (Å²) in [4.78, 5) is 23.8. The van der Waals surface area contributed by atoms with Crippen molar-refractivity contribution in [1.29, 1.82) is 0 Å². The standard InChI is InChI=1S/C27H31FN4O2/c1-5-6-7-25(33)34-23-13-8-20-14-15-32(19(4)24(20)16-23)26-17(2)18(3)29-27(31-26)30-22-11-9-21(28)10-12-22/h8-13,16,19H,5-7,14-15H2,1-4H3,(H,29,30,31). The van der Waals surface area contributed by atoms with Crippen LogP contribution in [0.4, 0.5) is 21.8 Å². The van der Waals surface area contributed by atoms with Crippen molar-refractivity contribution in [3.63, 3.8) is 0 Å². The fourth-order valence-corrected chi connectivity index (χ4v) is 4.26. The Morgan fingerprint density at radius 1 is 1.18 bits per heavy atom. The average Bonchev–Trinajstić information content (AvgIpc) is 2.82. The lowest BCUT2D eigenvalue weighted by Crippen LogP contribution is -2.35. The first kappa shape index (κ1) is 23.7. The van der Waals surface area contributed by atoms with Gasteiger partial charge in [-0.2, -0.15) is 4.98 Å². The summed E-state index contributed by atoms with van der Waals surface area (Å²) in [5.74, 6) is 1.44. The van der Waals surface area contributed by atoms with Crippen LogP contribution in [0.1, 0.15) is 61.5 Å². The molecule has 34 heavy (non-hydrogen) atoms. The normalized spacial score (nSPS) is 15.1. The van der Waals surface area contributed by atoms with E-state index in [2.05, 4.69) is 35.1 Å². The third kappa shape index (κ3) is 5.19. The first-order valence-electron chi connectivity index (χ1n) is 11.8. The summed E-state index contributed by atoms with van der Waals surface area (Å²) < 4.78 is 18.9. The van der Waals surface area contributed by atoms with Gasteiger partial charge >= 0.3 is 5.97 Å². The van der Waals surface area contributed by atoms with E-state index in [4.69, 9.17) is 9.72 Å². The molecule has 7 heteroatoms. The van der Waals surface area contributed by atoms with Gasteiger partial charge in [-0.25, -0.2) is 9.37 Å². The highest BCUT2D eigenvalue weighted by molar-refractivity contribution is 5.72. The number of nitrogens with zero attached hydrogens (tertiary/aromatic N) is 3. The Morgan fingerprint density at radius 2 is 1.94 bits per heavy atom. The minimum Gasteiger partial charge on any atom is -0.427 e. The molecule has 4 rings (SSSR count). The predicted molar refractivity (Wildman–Crippen MR) is 132 cm³/mol. The lowest BCUT2D eigenvalue weighted by molar-refractivity contribution is -0.134. The SMILES string of the molecule is CCCCC(=O)Oc1ccc2c(c1)C(C)N(c1nc(Nc3ccc(F)cc3)nc(C)c1C)CC2. The van der Waals surface area contributed by atoms with Crippen LogP contribution in [0.15, 0.2) is 42.5 Å². The van der Waals surface area contributed by atoms with Crippen molar-refractivity contribution in [3.8, 4) is 5.75 Å². The van der Waals surface area contributed by atoms with E-state index < -0.39 is 0 Å². The van der Waals surface area contributed by atoms with E-state index >= 15 is 0 Å². The molecular formula is C27H31FN4O2. The number of fused-ring (bicyclic) bond motifs is 1. The van der Waals surface area contributed by atoms with E-state index in [1.165, 1.54) is 17.7 Å². The number of aryl methyl sites for hydroxylation is 1. The fourth-order valence-electron chi connectivity index (χ4n) is 4.26. The number of hydrogen-bond acceptors (Lipinski definition) is 6. The molecule has 0 saturated heterocycles. The van der Waals surface area contributed by atoms with Crippen molar-refractivity contribution in [1.82, 2.24) is 9.97 Å². The van der Waals surface area contributed by atoms with Gasteiger partial charge in [-0.1, -0.05) is 19.4 Å². The quantitative estimate of drug-likeness (QED) is 0.333. The third-order valence-electron chi connectivity index (χ3n) is 6.36. The van der Waals surface area contributed by atoms with Crippen molar-refractivity contribution in [3.05, 3.63) is 70.7 Å². The Labute approximate surface area is 200 Å². The number of ether oxygens (including phenoxy) is 1. The van der Waals surface area contributed by atoms with Gasteiger partial charge in [0.1, 0.15) is 17.4 Å². The van der Waals surface area contributed by atoms with Crippen molar-refractivity contribution in [2.45, 2.75) is 59.4 Å². The number of halogens is 1. The number of aromatic nitrogens is 2. The molecule has 1 aliphatic heterocycles. The number of esters is 1. The minimum atomic E-state index is -0.288. The van der Waals surface area contributed by atoms with Crippen LogP contribution < -0.4 is 15.0 Å². The Bertz CT molecular complexity index is 1180. The number of nitrogens with one attached hydrogen (secondary N) is 1. The zero-order valence-electron chi connectivity index (χ0n) is 20.2. The summed E-state index contributed by atoms with van der Waals surface area (Å²) >= 11 is 0. The summed E-state index contributed by atoms with van der Waals surface area (Å²) in [6, 6.07) is 12.1. The van der Waals surface area contributed by atoms with Crippen LogP contribution in [0.2, 0.25) is 0 Å². The molecule has 3 aromatic rings. The van der Waals surface area contributed by atoms with Crippen molar-refractivity contribution in [2.24, 2.45) is 0 Å². The summed E-state index contributed by atoms with van der Waals surface area (Å²) in [5, 5.41) is 3.19. The topological polar surface area (TPSA) is 67.3 Å². The van der Waals surface area contributed by atoms with Crippen LogP contribution >= 0.6 is 0 Å². The number of carbonyl (C=O) groups excluding carboxylic acids is 1. The molecule has 0 bridgehead atoms. The number of unbranched alkanes of at least 4 members (excludes halogenated alkanes) is 1. The highest BCUT2D eigenvalue weighted by atomic mass is 19.1. The second kappa shape index (κ2) is 10.2. The highest BCUT2D eigenvalue weighted by Crippen LogP contribution is 2.37. The molecule has 2 heterocycles. The number of anilines is 3. The predicted octanol–water partition coefficient (Wildman–Crippen LogP) is 6.20. The van der Waals surface area contributed by atoms with E-state index in [1.54, 1.807) is 12.1 Å². The van der Waals surface area contributed by atoms with Crippen LogP contribution in [0, 0.1) is 19.7 Å². The first-order valence-corrected chi connectivity index (χ1v) is 11.8. The van der Waals surface area contributed by atoms with Crippen LogP contribution in [-0.2, 0) is 11.2 Å². The van der Waals surface area contributed by atoms with E-state index in [1.807, 2.05) is 26.0 Å². The molecule has 1 atom stereocenters. The van der Waals surface area contributed by atoms with Gasteiger partial charge < -0.3 is 15.0 Å². The second-order valence-corrected chi connectivity index (χ2v) is 8.77. The summed E-state index contributed by atoms with van der Waals surface area (Å²) in [6.07, 6.45) is 3.08. The second-order valence-electron chi connectivity index (χ2n) is 8.77. The summed E-state index contributed by atoms with van der Waals surface area (Å²) in [7, 11) is 0. The molecule has 1 N–H and O–H groups in total. The maximum absolute atomic E-state index is 13.3. The van der Waals surface area contributed by atoms with Gasteiger partial charge in [0.15, 0.2) is 0 Å². The van der Waals surface area contributed by atoms with Gasteiger partial charge in [-0.05, 0) is 81.1 Å². The molecule has 1 aromatic heterocycles. The van der Waals surface area contributed by atoms with Gasteiger partial charge in [0.05, 0.1) is 6.04 Å². The molecule has 2 aromatic carbocycles. The van der Waals surface area contributed by atoms with E-state index in [0.29, 0.717) is 18.1 Å². The number of carbonyl (C=O) groups is 1. The molecule has 0 amide bonds. The smallest absolute Gasteiger partial charge is 0.311 e. The van der Waals surface area contributed by atoms with Gasteiger partial charge in [0, 0.05) is 29.9 Å². The molecule has 6 nitrogen and oxygen atoms in total. The first-order chi connectivity index (χ1) is 16.4. The number of rotatable bonds is 7. The van der Waals surface area contributed by atoms with Crippen LogP contribution in [0.3, 0.4) is 0 Å². The van der Waals surface area contributed by atoms with E-state index in [0.717, 1.165) is 54.1 Å². The Morgan fingerprint density at radius 3 is 2.68 bits per heavy atom. The van der Waals surface area contributed by atoms with E-state index in [9.17, 15) is 9.18 Å². The molecule has 0 radical (unpaired) electrons. The minimum absolute atomic E-state index is 0.0460. The largest absolute Gasteiger partial charge is 0.427 e. The van der Waals surface area contributed by atoms with Crippen LogP contribution in [-0.4, -0.2) is 22.5 Å². The van der Waals surface area contributed by atoms with Gasteiger partial charge in [-0.3, -0.25) is 4.79 Å². The maximum atomic E-state index is 13.3. The average molecular weight is 463 g/mol. The molecule has 1 aliphatic rings. The summed E-state index contributed by atoms with van der Waals surface area (Å²) in [6.45, 7) is 9.01. The monoisotopic (exact) mass is 462 g/mol. The van der Waals surface area contributed by atoms with E-state index in [-0.39, 0.29) is 17.8 Å². The molecule has 0 aliphatic carbocycles. The molecule has 178 valence electrons. The van der Waals surface area contributed by atoms with Gasteiger partial charge in [-0.15, -0.1) is 0 Å². The molecule has 0 saturated carbocycles. The third-order valence-corrected chi connectivity index (χ3v) is 6.36. The zero-order chi connectivity index (χ0) is 24.2. The Balaban J connectivity index is 1.59. The zero-order valence-corrected chi connectivity index (χ0v) is 20.2. The van der Waals surface area contributed by atoms with Crippen molar-refractivity contribution in [2.75, 3.05) is 16.8 Å². The van der Waals surface area contributed by atoms with Crippen LogP contribution in [0.5, 0.6) is 5.75 Å². The number of benzene rings is 2. The van der Waals surface area contributed by atoms with Crippen LogP contribution in [0.25, 0.3) is 0 Å². The summed E-state index contributed by atoms with van der Waals surface area (Å²) in [5.41, 5.74) is 5.01. The van der Waals surface area contributed by atoms with Crippen molar-refractivity contribution >= 4 is 23.4 Å². The molecule has 0 fully saturated rings.